The fourth-order valence-corrected chi connectivity index (χ4v) is 1.74. The molecule has 0 radical (unpaired) electrons. The van der Waals surface area contributed by atoms with Crippen LogP contribution < -0.4 is 29.6 Å². The van der Waals surface area contributed by atoms with Crippen molar-refractivity contribution in [1.29, 1.82) is 0 Å². The summed E-state index contributed by atoms with van der Waals surface area (Å²) < 4.78 is 30.9. The number of rotatable bonds is 8. The zero-order valence-corrected chi connectivity index (χ0v) is 12.1. The molecule has 0 bridgehead atoms. The van der Waals surface area contributed by atoms with E-state index < -0.39 is 22.0 Å². The summed E-state index contributed by atoms with van der Waals surface area (Å²) in [6.45, 7) is 0.00330. The quantitative estimate of drug-likeness (QED) is 0.295. The molecule has 0 aromatic rings. The molecule has 0 saturated carbocycles. The first-order chi connectivity index (χ1) is 6.89. The van der Waals surface area contributed by atoms with Crippen molar-refractivity contribution in [1.82, 2.24) is 4.90 Å². The van der Waals surface area contributed by atoms with E-state index in [9.17, 15) is 18.1 Å². The normalized spacial score (nSPS) is 13.6. The van der Waals surface area contributed by atoms with Crippen LogP contribution in [0.4, 0.5) is 0 Å². The molecule has 0 aromatic heterocycles. The summed E-state index contributed by atoms with van der Waals surface area (Å²) in [6.07, 6.45) is -1.30. The van der Waals surface area contributed by atoms with Gasteiger partial charge in [-0.1, -0.05) is 0 Å². The summed E-state index contributed by atoms with van der Waals surface area (Å²) in [6, 6.07) is 0. The van der Waals surface area contributed by atoms with Gasteiger partial charge in [-0.05, 0) is 0 Å². The third-order valence-corrected chi connectivity index (χ3v) is 2.49. The number of hydrogen-bond donors (Lipinski definition) is 3. The van der Waals surface area contributed by atoms with E-state index in [0.29, 0.717) is 0 Å². The van der Waals surface area contributed by atoms with Crippen LogP contribution in [0.3, 0.4) is 0 Å². The Labute approximate surface area is 117 Å². The van der Waals surface area contributed by atoms with Gasteiger partial charge in [0.1, 0.15) is 0 Å². The average molecular weight is 265 g/mol. The number of aliphatic hydroxyl groups excluding tert-OH is 3. The number of hydrogen-bond acceptors (Lipinski definition) is 7. The van der Waals surface area contributed by atoms with Crippen molar-refractivity contribution in [2.24, 2.45) is 0 Å². The molecule has 9 heteroatoms. The maximum Gasteiger partial charge on any atom is 1.00 e. The molecule has 0 fully saturated rings. The monoisotopic (exact) mass is 265 g/mol. The zero-order chi connectivity index (χ0) is 11.9. The number of aliphatic hydroxyl groups is 3. The fraction of sp³-hybridized carbons (Fsp3) is 1.00. The number of nitrogens with zero attached hydrogens (tertiary/aromatic N) is 1. The second kappa shape index (κ2) is 9.75. The van der Waals surface area contributed by atoms with E-state index in [1.54, 1.807) is 0 Å². The van der Waals surface area contributed by atoms with E-state index in [1.165, 1.54) is 4.90 Å². The molecule has 0 aliphatic rings. The Morgan fingerprint density at radius 1 is 1.19 bits per heavy atom. The van der Waals surface area contributed by atoms with Gasteiger partial charge in [0.2, 0.25) is 0 Å². The summed E-state index contributed by atoms with van der Waals surface area (Å²) in [4.78, 5) is 1.47. The van der Waals surface area contributed by atoms with E-state index in [0.717, 1.165) is 0 Å². The Balaban J connectivity index is 0. The summed E-state index contributed by atoms with van der Waals surface area (Å²) in [5, 5.41) is 26.5. The van der Waals surface area contributed by atoms with E-state index >= 15 is 0 Å². The van der Waals surface area contributed by atoms with E-state index in [4.69, 9.17) is 10.2 Å². The first-order valence-electron chi connectivity index (χ1n) is 4.44. The van der Waals surface area contributed by atoms with Gasteiger partial charge in [0.05, 0.1) is 35.2 Å². The van der Waals surface area contributed by atoms with Gasteiger partial charge < -0.3 is 19.9 Å². The summed E-state index contributed by atoms with van der Waals surface area (Å²) >= 11 is 0. The second-order valence-electron chi connectivity index (χ2n) is 3.13. The van der Waals surface area contributed by atoms with Crippen molar-refractivity contribution in [3.8, 4) is 0 Å². The van der Waals surface area contributed by atoms with Crippen LogP contribution in [0.5, 0.6) is 0 Å². The Hall–Kier alpha value is 0.750. The maximum atomic E-state index is 10.3. The van der Waals surface area contributed by atoms with Gasteiger partial charge in [0.15, 0.2) is 0 Å². The molecule has 0 aliphatic heterocycles. The molecule has 3 N–H and O–H groups in total. The molecule has 0 saturated heterocycles. The van der Waals surface area contributed by atoms with Crippen molar-refractivity contribution < 1.29 is 57.8 Å². The largest absolute Gasteiger partial charge is 1.00 e. The minimum absolute atomic E-state index is 0. The van der Waals surface area contributed by atoms with Crippen LogP contribution in [0, 0.1) is 0 Å². The van der Waals surface area contributed by atoms with Crippen molar-refractivity contribution in [3.63, 3.8) is 0 Å². The van der Waals surface area contributed by atoms with E-state index in [1.807, 2.05) is 0 Å². The van der Waals surface area contributed by atoms with Gasteiger partial charge in [0.25, 0.3) is 0 Å². The van der Waals surface area contributed by atoms with Crippen molar-refractivity contribution in [2.45, 2.75) is 6.10 Å². The minimum Gasteiger partial charge on any atom is -0.748 e. The van der Waals surface area contributed by atoms with Crippen LogP contribution in [-0.2, 0) is 10.1 Å². The predicted octanol–water partition coefficient (Wildman–Crippen LogP) is -5.82. The van der Waals surface area contributed by atoms with Gasteiger partial charge in [-0.25, -0.2) is 8.42 Å². The third kappa shape index (κ3) is 11.2. The molecule has 16 heavy (non-hydrogen) atoms. The second-order valence-corrected chi connectivity index (χ2v) is 4.57. The van der Waals surface area contributed by atoms with Gasteiger partial charge in [-0.15, -0.1) is 0 Å². The SMILES string of the molecule is O=S(=O)([O-])CC(O)CN(CCO)CCO.[Na+]. The minimum atomic E-state index is -4.45. The topological polar surface area (TPSA) is 121 Å². The molecule has 92 valence electrons. The molecule has 0 rings (SSSR count). The molecule has 0 aromatic carbocycles. The Bertz CT molecular complexity index is 254. The van der Waals surface area contributed by atoms with Crippen LogP contribution in [0.15, 0.2) is 0 Å². The van der Waals surface area contributed by atoms with Crippen LogP contribution >= 0.6 is 0 Å². The van der Waals surface area contributed by atoms with Gasteiger partial charge >= 0.3 is 29.6 Å². The fourth-order valence-electron chi connectivity index (χ4n) is 1.16. The molecule has 1 unspecified atom stereocenters. The first kappa shape index (κ1) is 19.1. The van der Waals surface area contributed by atoms with E-state index in [-0.39, 0.29) is 62.4 Å². The molecule has 7 nitrogen and oxygen atoms in total. The van der Waals surface area contributed by atoms with Crippen LogP contribution in [0.1, 0.15) is 0 Å². The standard InChI is InChI=1S/C7H17NO6S.Na/c9-3-1-8(2-4-10)5-7(11)6-15(12,13)14;/h7,9-11H,1-6H2,(H,12,13,14);/q;+1/p-1. The van der Waals surface area contributed by atoms with Crippen molar-refractivity contribution in [3.05, 3.63) is 0 Å². The predicted molar refractivity (Wildman–Crippen MR) is 51.2 cm³/mol. The molecule has 0 amide bonds. The average Bonchev–Trinajstić information content (AvgIpc) is 2.00. The molecule has 0 heterocycles. The molecule has 0 aliphatic carbocycles. The third-order valence-electron chi connectivity index (χ3n) is 1.70. The van der Waals surface area contributed by atoms with Gasteiger partial charge in [-0.3, -0.25) is 4.90 Å². The summed E-state index contributed by atoms with van der Waals surface area (Å²) in [7, 11) is -4.45. The summed E-state index contributed by atoms with van der Waals surface area (Å²) in [5.74, 6) is -0.861. The van der Waals surface area contributed by atoms with Crippen LogP contribution in [-0.4, -0.2) is 77.9 Å². The van der Waals surface area contributed by atoms with Crippen LogP contribution in [0.25, 0.3) is 0 Å². The Kier molecular flexibility index (Phi) is 11.6. The Morgan fingerprint density at radius 3 is 1.94 bits per heavy atom. The molecular formula is C7H16NNaO6S. The van der Waals surface area contributed by atoms with Gasteiger partial charge in [-0.2, -0.15) is 0 Å². The van der Waals surface area contributed by atoms with Crippen molar-refractivity contribution in [2.75, 3.05) is 38.6 Å². The molecule has 0 spiro atoms. The van der Waals surface area contributed by atoms with E-state index in [2.05, 4.69) is 0 Å². The van der Waals surface area contributed by atoms with Crippen molar-refractivity contribution >= 4 is 10.1 Å². The smallest absolute Gasteiger partial charge is 0.748 e. The Morgan fingerprint density at radius 2 is 1.62 bits per heavy atom. The molecular weight excluding hydrogens is 249 g/mol. The zero-order valence-electron chi connectivity index (χ0n) is 9.24. The van der Waals surface area contributed by atoms with Gasteiger partial charge in [0, 0.05) is 19.6 Å². The first-order valence-corrected chi connectivity index (χ1v) is 6.02. The maximum absolute atomic E-state index is 10.3. The summed E-state index contributed by atoms with van der Waals surface area (Å²) in [5.41, 5.74) is 0. The van der Waals surface area contributed by atoms with Crippen LogP contribution in [0.2, 0.25) is 0 Å². The molecule has 1 atom stereocenters.